The van der Waals surface area contributed by atoms with Crippen LogP contribution in [0, 0.1) is 0 Å². The number of para-hydroxylation sites is 1. The van der Waals surface area contributed by atoms with E-state index in [-0.39, 0.29) is 6.04 Å². The van der Waals surface area contributed by atoms with Gasteiger partial charge >= 0.3 is 5.97 Å². The summed E-state index contributed by atoms with van der Waals surface area (Å²) in [5.74, 6) is 0.778. The highest BCUT2D eigenvalue weighted by molar-refractivity contribution is 7.17. The molecule has 0 bridgehead atoms. The zero-order valence-electron chi connectivity index (χ0n) is 17.0. The van der Waals surface area contributed by atoms with Crippen LogP contribution < -0.4 is 4.74 Å². The van der Waals surface area contributed by atoms with E-state index in [1.54, 1.807) is 11.3 Å². The van der Waals surface area contributed by atoms with Gasteiger partial charge < -0.3 is 9.84 Å². The van der Waals surface area contributed by atoms with E-state index >= 15 is 0 Å². The number of fused-ring (bicyclic) bond motifs is 1. The van der Waals surface area contributed by atoms with Crippen LogP contribution in [0.4, 0.5) is 0 Å². The van der Waals surface area contributed by atoms with Crippen molar-refractivity contribution in [2.45, 2.75) is 24.9 Å². The third-order valence-electron chi connectivity index (χ3n) is 5.87. The molecular weight excluding hydrogens is 406 g/mol. The highest BCUT2D eigenvalue weighted by Gasteiger charge is 2.37. The molecule has 2 unspecified atom stereocenters. The molecule has 1 aromatic heterocycles. The zero-order chi connectivity index (χ0) is 21.2. The Hall–Kier alpha value is -3.15. The number of hydrogen-bond donors (Lipinski definition) is 1. The van der Waals surface area contributed by atoms with Crippen molar-refractivity contribution in [2.24, 2.45) is 0 Å². The Morgan fingerprint density at radius 2 is 1.77 bits per heavy atom. The molecule has 5 rings (SSSR count). The van der Waals surface area contributed by atoms with Gasteiger partial charge in [0.2, 0.25) is 0 Å². The summed E-state index contributed by atoms with van der Waals surface area (Å²) in [6.07, 6.45) is 1.56. The number of carboxylic acids is 1. The molecule has 5 heteroatoms. The molecule has 1 N–H and O–H groups in total. The molecule has 156 valence electrons. The van der Waals surface area contributed by atoms with Crippen molar-refractivity contribution < 1.29 is 14.6 Å². The average Bonchev–Trinajstić information content (AvgIpc) is 3.44. The van der Waals surface area contributed by atoms with E-state index in [0.717, 1.165) is 35.6 Å². The van der Waals surface area contributed by atoms with Gasteiger partial charge in [-0.1, -0.05) is 48.5 Å². The van der Waals surface area contributed by atoms with Crippen molar-refractivity contribution in [3.05, 3.63) is 95.4 Å². The minimum Gasteiger partial charge on any atom is -0.480 e. The van der Waals surface area contributed by atoms with Crippen molar-refractivity contribution in [3.8, 4) is 11.5 Å². The molecule has 1 aliphatic rings. The van der Waals surface area contributed by atoms with Crippen LogP contribution in [0.5, 0.6) is 11.5 Å². The van der Waals surface area contributed by atoms with E-state index in [0.29, 0.717) is 6.42 Å². The van der Waals surface area contributed by atoms with Gasteiger partial charge in [0.1, 0.15) is 17.5 Å². The lowest BCUT2D eigenvalue weighted by molar-refractivity contribution is -0.142. The molecule has 1 aliphatic heterocycles. The minimum absolute atomic E-state index is 0.140. The Labute approximate surface area is 185 Å². The Bertz CT molecular complexity index is 1200. The summed E-state index contributed by atoms with van der Waals surface area (Å²) < 4.78 is 7.29. The van der Waals surface area contributed by atoms with Gasteiger partial charge in [0, 0.05) is 11.2 Å². The maximum Gasteiger partial charge on any atom is 0.320 e. The van der Waals surface area contributed by atoms with Gasteiger partial charge in [-0.05, 0) is 65.1 Å². The summed E-state index contributed by atoms with van der Waals surface area (Å²) >= 11 is 1.71. The Morgan fingerprint density at radius 1 is 1.00 bits per heavy atom. The lowest BCUT2D eigenvalue weighted by Crippen LogP contribution is -2.39. The van der Waals surface area contributed by atoms with Gasteiger partial charge in [0.05, 0.1) is 6.04 Å². The van der Waals surface area contributed by atoms with Gasteiger partial charge in [-0.2, -0.15) is 0 Å². The molecule has 0 spiro atoms. The van der Waals surface area contributed by atoms with Crippen LogP contribution in [-0.4, -0.2) is 28.6 Å². The molecule has 1 saturated heterocycles. The largest absolute Gasteiger partial charge is 0.480 e. The third kappa shape index (κ3) is 3.94. The predicted octanol–water partition coefficient (Wildman–Crippen LogP) is 6.33. The van der Waals surface area contributed by atoms with Gasteiger partial charge in [-0.25, -0.2) is 0 Å². The summed E-state index contributed by atoms with van der Waals surface area (Å²) in [7, 11) is 0. The normalized spacial score (nSPS) is 17.6. The van der Waals surface area contributed by atoms with E-state index in [1.807, 2.05) is 60.7 Å². The lowest BCUT2D eigenvalue weighted by atomic mass is 9.95. The second kappa shape index (κ2) is 8.53. The average molecular weight is 430 g/mol. The number of carboxylic acid groups (broad SMARTS) is 1. The second-order valence-electron chi connectivity index (χ2n) is 7.81. The summed E-state index contributed by atoms with van der Waals surface area (Å²) in [5, 5.41) is 13.2. The molecule has 31 heavy (non-hydrogen) atoms. The molecule has 2 atom stereocenters. The summed E-state index contributed by atoms with van der Waals surface area (Å²) in [5.41, 5.74) is 2.20. The van der Waals surface area contributed by atoms with Crippen LogP contribution in [0.15, 0.2) is 84.2 Å². The maximum absolute atomic E-state index is 12.0. The van der Waals surface area contributed by atoms with Crippen molar-refractivity contribution in [1.29, 1.82) is 0 Å². The first-order chi connectivity index (χ1) is 15.2. The van der Waals surface area contributed by atoms with Crippen molar-refractivity contribution in [2.75, 3.05) is 6.54 Å². The molecule has 0 amide bonds. The van der Waals surface area contributed by atoms with Crippen molar-refractivity contribution in [3.63, 3.8) is 0 Å². The van der Waals surface area contributed by atoms with E-state index in [2.05, 4.69) is 28.5 Å². The van der Waals surface area contributed by atoms with E-state index < -0.39 is 12.0 Å². The molecule has 1 fully saturated rings. The monoisotopic (exact) mass is 429 g/mol. The van der Waals surface area contributed by atoms with Crippen molar-refractivity contribution >= 4 is 27.4 Å². The molecule has 0 saturated carbocycles. The van der Waals surface area contributed by atoms with Gasteiger partial charge in [0.25, 0.3) is 0 Å². The van der Waals surface area contributed by atoms with Gasteiger partial charge in [-0.15, -0.1) is 11.3 Å². The summed E-state index contributed by atoms with van der Waals surface area (Å²) in [6.45, 7) is 0.760. The molecule has 4 aromatic rings. The Kier molecular flexibility index (Phi) is 5.45. The number of carbonyl (C=O) groups is 1. The highest BCUT2D eigenvalue weighted by atomic mass is 32.1. The molecular formula is C26H23NO3S. The molecule has 0 radical (unpaired) electrons. The predicted molar refractivity (Wildman–Crippen MR) is 124 cm³/mol. The fourth-order valence-corrected chi connectivity index (χ4v) is 5.48. The first-order valence-electron chi connectivity index (χ1n) is 10.5. The van der Waals surface area contributed by atoms with E-state index in [4.69, 9.17) is 4.74 Å². The fourth-order valence-electron chi connectivity index (χ4n) is 4.50. The number of hydrogen-bond acceptors (Lipinski definition) is 4. The summed E-state index contributed by atoms with van der Waals surface area (Å²) in [6, 6.07) is 25.5. The number of ether oxygens (including phenoxy) is 1. The van der Waals surface area contributed by atoms with Crippen LogP contribution in [0.3, 0.4) is 0 Å². The van der Waals surface area contributed by atoms with Crippen LogP contribution in [0.2, 0.25) is 0 Å². The SMILES string of the molecule is O=C(O)C1CCCN1C(c1cccc(Oc2ccccc2)c1)c1csc2ccccc12. The van der Waals surface area contributed by atoms with Gasteiger partial charge in [0.15, 0.2) is 0 Å². The fraction of sp³-hybridized carbons (Fsp3) is 0.192. The number of benzene rings is 3. The lowest BCUT2D eigenvalue weighted by Gasteiger charge is -2.32. The standard InChI is InChI=1S/C26H23NO3S/c28-26(29)23-13-7-15-27(23)25(22-17-31-24-14-5-4-12-21(22)24)18-8-6-11-20(16-18)30-19-9-2-1-3-10-19/h1-6,8-12,14,16-17,23,25H,7,13,15H2,(H,28,29). The first-order valence-corrected chi connectivity index (χ1v) is 11.4. The first kappa shape index (κ1) is 19.8. The van der Waals surface area contributed by atoms with Crippen LogP contribution in [0.25, 0.3) is 10.1 Å². The summed E-state index contributed by atoms with van der Waals surface area (Å²) in [4.78, 5) is 14.2. The number of rotatable bonds is 6. The Balaban J connectivity index is 1.59. The van der Waals surface area contributed by atoms with Gasteiger partial charge in [-0.3, -0.25) is 9.69 Å². The molecule has 3 aromatic carbocycles. The smallest absolute Gasteiger partial charge is 0.320 e. The maximum atomic E-state index is 12.0. The van der Waals surface area contributed by atoms with Crippen LogP contribution in [-0.2, 0) is 4.79 Å². The van der Waals surface area contributed by atoms with Crippen LogP contribution >= 0.6 is 11.3 Å². The highest BCUT2D eigenvalue weighted by Crippen LogP contribution is 2.41. The quantitative estimate of drug-likeness (QED) is 0.389. The number of thiophene rings is 1. The Morgan fingerprint density at radius 3 is 2.61 bits per heavy atom. The molecule has 0 aliphatic carbocycles. The van der Waals surface area contributed by atoms with Crippen LogP contribution in [0.1, 0.15) is 30.0 Å². The third-order valence-corrected chi connectivity index (χ3v) is 6.85. The topological polar surface area (TPSA) is 49.8 Å². The minimum atomic E-state index is -0.751. The zero-order valence-corrected chi connectivity index (χ0v) is 17.8. The van der Waals surface area contributed by atoms with Crippen molar-refractivity contribution in [1.82, 2.24) is 4.90 Å². The second-order valence-corrected chi connectivity index (χ2v) is 8.72. The molecule has 4 nitrogen and oxygen atoms in total. The van der Waals surface area contributed by atoms with E-state index in [1.165, 1.54) is 10.1 Å². The number of likely N-dealkylation sites (tertiary alicyclic amines) is 1. The number of nitrogens with zero attached hydrogens (tertiary/aromatic N) is 1. The molecule has 2 heterocycles. The number of aliphatic carboxylic acids is 1. The van der Waals surface area contributed by atoms with E-state index in [9.17, 15) is 9.90 Å².